The van der Waals surface area contributed by atoms with Crippen LogP contribution in [0.3, 0.4) is 0 Å². The van der Waals surface area contributed by atoms with Gasteiger partial charge in [0.2, 0.25) is 5.91 Å². The van der Waals surface area contributed by atoms with Gasteiger partial charge in [0.15, 0.2) is 0 Å². The fourth-order valence-corrected chi connectivity index (χ4v) is 4.35. The summed E-state index contributed by atoms with van der Waals surface area (Å²) in [6.07, 6.45) is 4.02. The average Bonchev–Trinajstić information content (AvgIpc) is 3.50. The topological polar surface area (TPSA) is 133 Å². The molecule has 2 saturated heterocycles. The molecule has 0 spiro atoms. The van der Waals surface area contributed by atoms with E-state index < -0.39 is 17.4 Å². The molecule has 1 atom stereocenters. The van der Waals surface area contributed by atoms with E-state index in [-0.39, 0.29) is 18.4 Å². The molecule has 3 amide bonds. The summed E-state index contributed by atoms with van der Waals surface area (Å²) in [6.45, 7) is 3.98. The van der Waals surface area contributed by atoms with Crippen molar-refractivity contribution in [1.29, 1.82) is 0 Å². The molecule has 4 rings (SSSR count). The van der Waals surface area contributed by atoms with Gasteiger partial charge in [-0.2, -0.15) is 0 Å². The average molecular weight is 494 g/mol. The fraction of sp³-hybridized carbons (Fsp3) is 0.385. The maximum Gasteiger partial charge on any atom is 0.324 e. The van der Waals surface area contributed by atoms with Crippen molar-refractivity contribution in [2.24, 2.45) is 5.41 Å². The van der Waals surface area contributed by atoms with Crippen LogP contribution in [0, 0.1) is 5.41 Å². The summed E-state index contributed by atoms with van der Waals surface area (Å²) >= 11 is 0. The van der Waals surface area contributed by atoms with Crippen molar-refractivity contribution >= 4 is 29.4 Å². The van der Waals surface area contributed by atoms with Crippen LogP contribution in [0.25, 0.3) is 0 Å². The number of allylic oxidation sites excluding steroid dienone is 1. The van der Waals surface area contributed by atoms with Crippen LogP contribution in [0.2, 0.25) is 0 Å². The molecule has 10 heteroatoms. The Hall–Kier alpha value is -3.92. The lowest BCUT2D eigenvalue weighted by Crippen LogP contribution is -2.29. The van der Waals surface area contributed by atoms with E-state index in [4.69, 9.17) is 4.84 Å². The van der Waals surface area contributed by atoms with E-state index in [9.17, 15) is 19.5 Å². The molecule has 1 aromatic heterocycles. The van der Waals surface area contributed by atoms with Crippen LogP contribution in [-0.4, -0.2) is 45.5 Å². The molecule has 3 heterocycles. The van der Waals surface area contributed by atoms with Gasteiger partial charge in [-0.05, 0) is 56.9 Å². The number of aliphatic carboxylic acids is 1. The Morgan fingerprint density at radius 3 is 2.64 bits per heavy atom. The zero-order valence-corrected chi connectivity index (χ0v) is 20.4. The van der Waals surface area contributed by atoms with Crippen LogP contribution >= 0.6 is 0 Å². The van der Waals surface area contributed by atoms with Crippen molar-refractivity contribution in [2.45, 2.75) is 52.1 Å². The predicted molar refractivity (Wildman–Crippen MR) is 134 cm³/mol. The van der Waals surface area contributed by atoms with Crippen LogP contribution in [0.5, 0.6) is 0 Å². The number of carbonyl (C=O) groups excluding carboxylic acids is 2. The number of likely N-dealkylation sites (tertiary alicyclic amines) is 1. The zero-order chi connectivity index (χ0) is 25.7. The third-order valence-corrected chi connectivity index (χ3v) is 6.32. The maximum absolute atomic E-state index is 13.1. The van der Waals surface area contributed by atoms with Gasteiger partial charge < -0.3 is 15.3 Å². The Labute approximate surface area is 209 Å². The number of carboxylic acids is 1. The molecule has 0 radical (unpaired) electrons. The Balaban J connectivity index is 1.33. The minimum Gasteiger partial charge on any atom is -0.481 e. The van der Waals surface area contributed by atoms with Gasteiger partial charge in [0.25, 0.3) is 0 Å². The van der Waals surface area contributed by atoms with Crippen LogP contribution in [0.4, 0.5) is 16.3 Å². The summed E-state index contributed by atoms with van der Waals surface area (Å²) < 4.78 is 0. The number of benzene rings is 1. The molecular formula is C26H31N5O5. The lowest BCUT2D eigenvalue weighted by atomic mass is 9.86. The largest absolute Gasteiger partial charge is 0.481 e. The number of anilines is 2. The van der Waals surface area contributed by atoms with Crippen molar-refractivity contribution < 1.29 is 24.3 Å². The van der Waals surface area contributed by atoms with Gasteiger partial charge >= 0.3 is 12.0 Å². The molecular weight excluding hydrogens is 462 g/mol. The van der Waals surface area contributed by atoms with Gasteiger partial charge in [0.05, 0.1) is 23.6 Å². The summed E-state index contributed by atoms with van der Waals surface area (Å²) in [4.78, 5) is 48.3. The van der Waals surface area contributed by atoms with Crippen molar-refractivity contribution in [3.8, 4) is 0 Å². The summed E-state index contributed by atoms with van der Waals surface area (Å²) in [6, 6.07) is 12.1. The smallest absolute Gasteiger partial charge is 0.324 e. The number of urea groups is 1. The molecule has 2 aromatic rings. The predicted octanol–water partition coefficient (Wildman–Crippen LogP) is 3.90. The number of amides is 3. The van der Waals surface area contributed by atoms with E-state index in [1.165, 1.54) is 0 Å². The van der Waals surface area contributed by atoms with Gasteiger partial charge in [-0.15, -0.1) is 0 Å². The Kier molecular flexibility index (Phi) is 7.54. The second-order valence-corrected chi connectivity index (χ2v) is 9.69. The lowest BCUT2D eigenvalue weighted by molar-refractivity contribution is -0.149. The quantitative estimate of drug-likeness (QED) is 0.460. The number of hydrogen-bond donors (Lipinski definition) is 4. The Morgan fingerprint density at radius 2 is 1.94 bits per heavy atom. The first-order valence-corrected chi connectivity index (χ1v) is 12.0. The lowest BCUT2D eigenvalue weighted by Gasteiger charge is -2.21. The molecule has 10 nitrogen and oxygen atoms in total. The van der Waals surface area contributed by atoms with Crippen LogP contribution in [0.1, 0.15) is 45.1 Å². The van der Waals surface area contributed by atoms with E-state index in [0.29, 0.717) is 30.9 Å². The fourth-order valence-electron chi connectivity index (χ4n) is 4.35. The van der Waals surface area contributed by atoms with E-state index in [2.05, 4.69) is 21.1 Å². The number of carboxylic acid groups (broad SMARTS) is 1. The molecule has 36 heavy (non-hydrogen) atoms. The van der Waals surface area contributed by atoms with Gasteiger partial charge in [-0.25, -0.2) is 9.78 Å². The Morgan fingerprint density at radius 1 is 1.17 bits per heavy atom. The first kappa shape index (κ1) is 25.2. The normalized spacial score (nSPS) is 19.6. The summed E-state index contributed by atoms with van der Waals surface area (Å²) in [5, 5.41) is 14.8. The molecule has 4 N–H and O–H groups in total. The van der Waals surface area contributed by atoms with E-state index >= 15 is 0 Å². The second-order valence-electron chi connectivity index (χ2n) is 9.69. The highest BCUT2D eigenvalue weighted by Gasteiger charge is 2.36. The highest BCUT2D eigenvalue weighted by Crippen LogP contribution is 2.33. The third kappa shape index (κ3) is 6.19. The molecule has 2 aliphatic rings. The SMILES string of the molecule is CC(C)(CC1CC(=C2CCCN2C(=O)Cc2ccc(NC(=O)Nc3ccccc3)nc2)NO1)C(=O)O. The maximum atomic E-state index is 13.1. The van der Waals surface area contributed by atoms with Crippen molar-refractivity contribution in [3.63, 3.8) is 0 Å². The number of hydroxylamine groups is 1. The molecule has 1 unspecified atom stereocenters. The molecule has 0 aliphatic carbocycles. The van der Waals surface area contributed by atoms with E-state index in [0.717, 1.165) is 29.8 Å². The minimum atomic E-state index is -0.895. The van der Waals surface area contributed by atoms with Gasteiger partial charge in [0.1, 0.15) is 5.82 Å². The van der Waals surface area contributed by atoms with E-state index in [1.807, 2.05) is 18.2 Å². The molecule has 190 valence electrons. The molecule has 2 fully saturated rings. The number of hydrogen-bond acceptors (Lipinski definition) is 6. The first-order chi connectivity index (χ1) is 17.2. The molecule has 1 aromatic carbocycles. The highest BCUT2D eigenvalue weighted by molar-refractivity contribution is 5.99. The van der Waals surface area contributed by atoms with Crippen molar-refractivity contribution in [3.05, 3.63) is 65.6 Å². The van der Waals surface area contributed by atoms with E-state index in [1.54, 1.807) is 49.2 Å². The Bertz CT molecular complexity index is 1150. The second kappa shape index (κ2) is 10.8. The minimum absolute atomic E-state index is 0.0459. The first-order valence-electron chi connectivity index (χ1n) is 12.0. The number of aromatic nitrogens is 1. The molecule has 2 aliphatic heterocycles. The standard InChI is InChI=1S/C26H31N5O5/c1-26(2,24(33)34)15-19-14-20(30-36-19)21-9-6-12-31(21)23(32)13-17-10-11-22(27-16-17)29-25(35)28-18-7-4-3-5-8-18/h3-5,7-8,10-11,16,19,30H,6,9,12-15H2,1-2H3,(H,33,34)(H2,27,28,29,35). The van der Waals surface area contributed by atoms with Crippen molar-refractivity contribution in [1.82, 2.24) is 15.4 Å². The molecule has 0 bridgehead atoms. The van der Waals surface area contributed by atoms with Gasteiger partial charge in [-0.3, -0.25) is 25.2 Å². The summed E-state index contributed by atoms with van der Waals surface area (Å²) in [5.41, 5.74) is 5.20. The van der Waals surface area contributed by atoms with Crippen LogP contribution in [-0.2, 0) is 20.8 Å². The van der Waals surface area contributed by atoms with Gasteiger partial charge in [-0.1, -0.05) is 24.3 Å². The monoisotopic (exact) mass is 493 g/mol. The number of rotatable bonds is 7. The number of nitrogens with one attached hydrogen (secondary N) is 3. The number of nitrogens with zero attached hydrogens (tertiary/aromatic N) is 2. The van der Waals surface area contributed by atoms with Gasteiger partial charge in [0, 0.05) is 30.5 Å². The van der Waals surface area contributed by atoms with Crippen LogP contribution in [0.15, 0.2) is 60.1 Å². The third-order valence-electron chi connectivity index (χ3n) is 6.32. The zero-order valence-electron chi connectivity index (χ0n) is 20.4. The highest BCUT2D eigenvalue weighted by atomic mass is 16.7. The number of carbonyl (C=O) groups is 3. The summed E-state index contributed by atoms with van der Waals surface area (Å²) in [7, 11) is 0. The van der Waals surface area contributed by atoms with Crippen molar-refractivity contribution in [2.75, 3.05) is 17.2 Å². The summed E-state index contributed by atoms with van der Waals surface area (Å²) in [5.74, 6) is -0.529. The number of pyridine rings is 1. The number of para-hydroxylation sites is 1. The van der Waals surface area contributed by atoms with Crippen LogP contribution < -0.4 is 16.1 Å². The molecule has 0 saturated carbocycles.